The minimum absolute atomic E-state index is 0.0415. The van der Waals surface area contributed by atoms with Crippen molar-refractivity contribution in [2.45, 2.75) is 13.0 Å². The lowest BCUT2D eigenvalue weighted by Crippen LogP contribution is -2.33. The highest BCUT2D eigenvalue weighted by atomic mass is 32.2. The van der Waals surface area contributed by atoms with Crippen LogP contribution >= 0.6 is 0 Å². The summed E-state index contributed by atoms with van der Waals surface area (Å²) in [5, 5.41) is 8.73. The Kier molecular flexibility index (Phi) is 6.23. The molecule has 1 aromatic carbocycles. The van der Waals surface area contributed by atoms with Gasteiger partial charge in [-0.1, -0.05) is 18.2 Å². The molecule has 0 fully saturated rings. The first kappa shape index (κ1) is 15.9. The molecule has 0 radical (unpaired) electrons. The Bertz CT molecular complexity index is 490. The van der Waals surface area contributed by atoms with Crippen LogP contribution in [-0.4, -0.2) is 45.1 Å². The lowest BCUT2D eigenvalue weighted by Gasteiger charge is -2.19. The van der Waals surface area contributed by atoms with Gasteiger partial charge >= 0.3 is 10.2 Å². The number of ether oxygens (including phenoxy) is 1. The van der Waals surface area contributed by atoms with E-state index in [0.29, 0.717) is 18.7 Å². The van der Waals surface area contributed by atoms with E-state index in [2.05, 4.69) is 4.72 Å². The van der Waals surface area contributed by atoms with E-state index in [0.717, 1.165) is 5.56 Å². The van der Waals surface area contributed by atoms with Crippen molar-refractivity contribution >= 4 is 15.9 Å². The van der Waals surface area contributed by atoms with Gasteiger partial charge in [-0.15, -0.1) is 0 Å². The summed E-state index contributed by atoms with van der Waals surface area (Å²) >= 11 is 0. The molecule has 108 valence electrons. The normalized spacial score (nSPS) is 11.8. The van der Waals surface area contributed by atoms with Crippen molar-refractivity contribution in [3.63, 3.8) is 0 Å². The summed E-state index contributed by atoms with van der Waals surface area (Å²) in [4.78, 5) is 0. The van der Waals surface area contributed by atoms with Crippen molar-refractivity contribution < 1.29 is 18.3 Å². The quantitative estimate of drug-likeness (QED) is 0.742. The summed E-state index contributed by atoms with van der Waals surface area (Å²) in [7, 11) is -0.586. The molecule has 1 aromatic rings. The molecule has 0 bridgehead atoms. The molecule has 7 heteroatoms. The van der Waals surface area contributed by atoms with Gasteiger partial charge < -0.3 is 9.84 Å². The Balaban J connectivity index is 2.83. The summed E-state index contributed by atoms with van der Waals surface area (Å²) in [6.45, 7) is 0.553. The monoisotopic (exact) mass is 288 g/mol. The summed E-state index contributed by atoms with van der Waals surface area (Å²) < 4.78 is 32.8. The SMILES string of the molecule is COCc1ccccc1NS(=O)(=O)N(C)CCCO. The summed E-state index contributed by atoms with van der Waals surface area (Å²) in [6.07, 6.45) is 0.400. The fourth-order valence-corrected chi connectivity index (χ4v) is 2.53. The van der Waals surface area contributed by atoms with Crippen LogP contribution in [0.15, 0.2) is 24.3 Å². The fourth-order valence-electron chi connectivity index (χ4n) is 1.53. The minimum Gasteiger partial charge on any atom is -0.396 e. The van der Waals surface area contributed by atoms with E-state index < -0.39 is 10.2 Å². The van der Waals surface area contributed by atoms with Crippen molar-refractivity contribution in [1.29, 1.82) is 0 Å². The van der Waals surface area contributed by atoms with Crippen molar-refractivity contribution in [2.75, 3.05) is 32.0 Å². The first-order valence-electron chi connectivity index (χ1n) is 5.93. The van der Waals surface area contributed by atoms with Crippen LogP contribution in [0.2, 0.25) is 0 Å². The zero-order valence-corrected chi connectivity index (χ0v) is 12.0. The van der Waals surface area contributed by atoms with E-state index >= 15 is 0 Å². The molecule has 0 aliphatic heterocycles. The maximum absolute atomic E-state index is 12.1. The molecule has 0 atom stereocenters. The van der Waals surface area contributed by atoms with E-state index in [1.54, 1.807) is 25.3 Å². The Hall–Kier alpha value is -1.15. The molecule has 0 aromatic heterocycles. The molecule has 19 heavy (non-hydrogen) atoms. The number of aliphatic hydroxyl groups excluding tert-OH is 1. The number of rotatable bonds is 8. The Morgan fingerprint density at radius 2 is 2.05 bits per heavy atom. The van der Waals surface area contributed by atoms with Crippen LogP contribution in [0.25, 0.3) is 0 Å². The summed E-state index contributed by atoms with van der Waals surface area (Å²) in [5.41, 5.74) is 1.27. The molecule has 0 unspecified atom stereocenters. The van der Waals surface area contributed by atoms with Crippen LogP contribution in [0.1, 0.15) is 12.0 Å². The smallest absolute Gasteiger partial charge is 0.301 e. The molecule has 1 rings (SSSR count). The van der Waals surface area contributed by atoms with E-state index in [-0.39, 0.29) is 13.2 Å². The maximum Gasteiger partial charge on any atom is 0.301 e. The third-order valence-corrected chi connectivity index (χ3v) is 4.08. The van der Waals surface area contributed by atoms with Crippen LogP contribution in [0.5, 0.6) is 0 Å². The van der Waals surface area contributed by atoms with Crippen LogP contribution in [0.3, 0.4) is 0 Å². The average Bonchev–Trinajstić information content (AvgIpc) is 2.38. The standard InChI is InChI=1S/C12H20N2O4S/c1-14(8-5-9-15)19(16,17)13-12-7-4-3-6-11(12)10-18-2/h3-4,6-7,13,15H,5,8-10H2,1-2H3. The third-order valence-electron chi connectivity index (χ3n) is 2.60. The highest BCUT2D eigenvalue weighted by Crippen LogP contribution is 2.18. The predicted molar refractivity (Wildman–Crippen MR) is 74.0 cm³/mol. The Morgan fingerprint density at radius 1 is 1.37 bits per heavy atom. The number of methoxy groups -OCH3 is 1. The van der Waals surface area contributed by atoms with Gasteiger partial charge in [0, 0.05) is 32.9 Å². The fraction of sp³-hybridized carbons (Fsp3) is 0.500. The zero-order chi connectivity index (χ0) is 14.3. The molecule has 0 heterocycles. The van der Waals surface area contributed by atoms with Gasteiger partial charge in [-0.05, 0) is 12.5 Å². The lowest BCUT2D eigenvalue weighted by molar-refractivity contribution is 0.185. The Labute approximate surface area is 114 Å². The predicted octanol–water partition coefficient (Wildman–Crippen LogP) is 0.804. The molecule has 0 aliphatic rings. The number of nitrogens with zero attached hydrogens (tertiary/aromatic N) is 1. The molecule has 0 aliphatic carbocycles. The zero-order valence-electron chi connectivity index (χ0n) is 11.2. The van der Waals surface area contributed by atoms with Gasteiger partial charge in [0.1, 0.15) is 0 Å². The van der Waals surface area contributed by atoms with E-state index in [1.165, 1.54) is 11.4 Å². The number of aliphatic hydroxyl groups is 1. The van der Waals surface area contributed by atoms with Gasteiger partial charge in [0.05, 0.1) is 12.3 Å². The number of benzene rings is 1. The minimum atomic E-state index is -3.61. The van der Waals surface area contributed by atoms with E-state index in [4.69, 9.17) is 9.84 Å². The van der Waals surface area contributed by atoms with Crippen LogP contribution in [-0.2, 0) is 21.6 Å². The molecular formula is C12H20N2O4S. The van der Waals surface area contributed by atoms with Gasteiger partial charge in [-0.2, -0.15) is 12.7 Å². The highest BCUT2D eigenvalue weighted by molar-refractivity contribution is 7.90. The molecular weight excluding hydrogens is 268 g/mol. The van der Waals surface area contributed by atoms with Gasteiger partial charge in [0.15, 0.2) is 0 Å². The molecule has 2 N–H and O–H groups in total. The van der Waals surface area contributed by atoms with Crippen LogP contribution < -0.4 is 4.72 Å². The first-order valence-corrected chi connectivity index (χ1v) is 7.37. The maximum atomic E-state index is 12.1. The van der Waals surface area contributed by atoms with Crippen molar-refractivity contribution in [3.8, 4) is 0 Å². The summed E-state index contributed by atoms with van der Waals surface area (Å²) in [6, 6.07) is 7.06. The van der Waals surface area contributed by atoms with Gasteiger partial charge in [0.25, 0.3) is 0 Å². The Morgan fingerprint density at radius 3 is 2.68 bits per heavy atom. The van der Waals surface area contributed by atoms with Crippen LogP contribution in [0.4, 0.5) is 5.69 Å². The van der Waals surface area contributed by atoms with Crippen molar-refractivity contribution in [2.24, 2.45) is 0 Å². The largest absolute Gasteiger partial charge is 0.396 e. The molecule has 0 saturated carbocycles. The number of anilines is 1. The lowest BCUT2D eigenvalue weighted by atomic mass is 10.2. The molecule has 6 nitrogen and oxygen atoms in total. The number of para-hydroxylation sites is 1. The molecule has 0 saturated heterocycles. The van der Waals surface area contributed by atoms with Gasteiger partial charge in [-0.3, -0.25) is 4.72 Å². The first-order chi connectivity index (χ1) is 9.01. The van der Waals surface area contributed by atoms with E-state index in [1.807, 2.05) is 6.07 Å². The third kappa shape index (κ3) is 4.79. The molecule has 0 spiro atoms. The average molecular weight is 288 g/mol. The number of hydrogen-bond acceptors (Lipinski definition) is 4. The second kappa shape index (κ2) is 7.44. The molecule has 0 amide bonds. The summed E-state index contributed by atoms with van der Waals surface area (Å²) in [5.74, 6) is 0. The van der Waals surface area contributed by atoms with E-state index in [9.17, 15) is 8.42 Å². The van der Waals surface area contributed by atoms with Gasteiger partial charge in [-0.25, -0.2) is 0 Å². The highest BCUT2D eigenvalue weighted by Gasteiger charge is 2.18. The van der Waals surface area contributed by atoms with Gasteiger partial charge in [0.2, 0.25) is 0 Å². The second-order valence-electron chi connectivity index (χ2n) is 4.10. The number of nitrogens with one attached hydrogen (secondary N) is 1. The van der Waals surface area contributed by atoms with Crippen molar-refractivity contribution in [3.05, 3.63) is 29.8 Å². The number of hydrogen-bond donors (Lipinski definition) is 2. The van der Waals surface area contributed by atoms with Crippen LogP contribution in [0, 0.1) is 0 Å². The topological polar surface area (TPSA) is 78.9 Å². The second-order valence-corrected chi connectivity index (χ2v) is 5.87. The van der Waals surface area contributed by atoms with Crippen molar-refractivity contribution in [1.82, 2.24) is 4.31 Å².